The summed E-state index contributed by atoms with van der Waals surface area (Å²) < 4.78 is 4.67. The van der Waals surface area contributed by atoms with E-state index in [2.05, 4.69) is 23.0 Å². The number of nitrogens with zero attached hydrogens (tertiary/aromatic N) is 1. The molecule has 0 radical (unpaired) electrons. The van der Waals surface area contributed by atoms with Crippen molar-refractivity contribution in [3.8, 4) is 0 Å². The van der Waals surface area contributed by atoms with Crippen molar-refractivity contribution in [2.45, 2.75) is 25.0 Å². The second-order valence-electron chi connectivity index (χ2n) is 3.76. The quantitative estimate of drug-likeness (QED) is 0.637. The first-order valence-electron chi connectivity index (χ1n) is 5.06. The number of hydroxylamine groups is 2. The van der Waals surface area contributed by atoms with Gasteiger partial charge in [-0.1, -0.05) is 18.2 Å². The van der Waals surface area contributed by atoms with E-state index in [4.69, 9.17) is 4.84 Å². The highest BCUT2D eigenvalue weighted by Gasteiger charge is 2.37. The Morgan fingerprint density at radius 3 is 3.07 bits per heavy atom. The Kier molecular flexibility index (Phi) is 2.88. The number of carbonyl (C=O) groups is 1. The van der Waals surface area contributed by atoms with Gasteiger partial charge in [-0.05, 0) is 12.0 Å². The molecule has 0 aromatic carbocycles. The number of likely N-dealkylation sites (N-methyl/N-ethyl adjacent to an activating group) is 1. The van der Waals surface area contributed by atoms with Gasteiger partial charge in [0, 0.05) is 13.5 Å². The largest absolute Gasteiger partial charge is 0.467 e. The number of rotatable bonds is 2. The van der Waals surface area contributed by atoms with E-state index in [1.54, 1.807) is 5.06 Å². The second-order valence-corrected chi connectivity index (χ2v) is 3.76. The minimum Gasteiger partial charge on any atom is -0.467 e. The van der Waals surface area contributed by atoms with Crippen molar-refractivity contribution in [2.75, 3.05) is 14.2 Å². The molecule has 0 saturated carbocycles. The van der Waals surface area contributed by atoms with Crippen LogP contribution in [0.1, 0.15) is 12.8 Å². The van der Waals surface area contributed by atoms with Gasteiger partial charge in [0.2, 0.25) is 0 Å². The first-order valence-corrected chi connectivity index (χ1v) is 5.06. The molecule has 1 aliphatic heterocycles. The topological polar surface area (TPSA) is 38.8 Å². The van der Waals surface area contributed by atoms with Crippen LogP contribution in [-0.2, 0) is 14.4 Å². The fourth-order valence-corrected chi connectivity index (χ4v) is 2.01. The molecule has 2 aliphatic rings. The van der Waals surface area contributed by atoms with Crippen LogP contribution in [0.4, 0.5) is 0 Å². The van der Waals surface area contributed by atoms with Gasteiger partial charge in [0.05, 0.1) is 13.2 Å². The van der Waals surface area contributed by atoms with Crippen LogP contribution in [-0.4, -0.2) is 37.3 Å². The zero-order valence-electron chi connectivity index (χ0n) is 8.97. The molecule has 0 aromatic heterocycles. The maximum Gasteiger partial charge on any atom is 0.337 e. The molecule has 1 fully saturated rings. The fourth-order valence-electron chi connectivity index (χ4n) is 2.01. The van der Waals surface area contributed by atoms with Gasteiger partial charge in [-0.2, -0.15) is 5.06 Å². The van der Waals surface area contributed by atoms with Crippen molar-refractivity contribution in [1.29, 1.82) is 0 Å². The molecule has 1 heterocycles. The minimum atomic E-state index is -0.458. The molecule has 0 spiro atoms. The summed E-state index contributed by atoms with van der Waals surface area (Å²) in [6.45, 7) is 0. The standard InChI is InChI=1S/C11H15NO3/c1-12-9(8-5-3-4-6-8)7-10(15-12)11(13)14-2/h3,5-6,9-10H,4,7H2,1-2H3/t9-,10-/m0/s1. The summed E-state index contributed by atoms with van der Waals surface area (Å²) in [4.78, 5) is 16.7. The SMILES string of the molecule is COC(=O)[C@@H]1C[C@@H](C2=CCC=C2)N(C)O1. The molecule has 82 valence electrons. The van der Waals surface area contributed by atoms with Crippen molar-refractivity contribution in [3.63, 3.8) is 0 Å². The molecule has 0 amide bonds. The molecule has 2 atom stereocenters. The smallest absolute Gasteiger partial charge is 0.337 e. The molecule has 0 bridgehead atoms. The van der Waals surface area contributed by atoms with Crippen molar-refractivity contribution in [2.24, 2.45) is 0 Å². The normalized spacial score (nSPS) is 30.7. The Hall–Kier alpha value is -1.13. The summed E-state index contributed by atoms with van der Waals surface area (Å²) in [5, 5.41) is 1.74. The summed E-state index contributed by atoms with van der Waals surface area (Å²) in [5.74, 6) is -0.299. The van der Waals surface area contributed by atoms with Gasteiger partial charge >= 0.3 is 5.97 Å². The Bertz CT molecular complexity index is 322. The van der Waals surface area contributed by atoms with E-state index in [0.29, 0.717) is 6.42 Å². The summed E-state index contributed by atoms with van der Waals surface area (Å²) in [6, 6.07) is 0.174. The number of esters is 1. The Morgan fingerprint density at radius 2 is 2.47 bits per heavy atom. The maximum absolute atomic E-state index is 11.3. The molecule has 1 saturated heterocycles. The first-order chi connectivity index (χ1) is 7.22. The van der Waals surface area contributed by atoms with Gasteiger partial charge < -0.3 is 4.74 Å². The van der Waals surface area contributed by atoms with E-state index in [1.807, 2.05) is 7.05 Å². The Labute approximate surface area is 89.1 Å². The molecule has 4 nitrogen and oxygen atoms in total. The average Bonchev–Trinajstić information content (AvgIpc) is 2.84. The average molecular weight is 209 g/mol. The third-order valence-corrected chi connectivity index (χ3v) is 2.82. The van der Waals surface area contributed by atoms with Crippen LogP contribution in [0.25, 0.3) is 0 Å². The lowest BCUT2D eigenvalue weighted by atomic mass is 10.0. The molecule has 1 aliphatic carbocycles. The predicted octanol–water partition coefficient (Wildman–Crippen LogP) is 1.05. The van der Waals surface area contributed by atoms with E-state index in [0.717, 1.165) is 6.42 Å². The summed E-state index contributed by atoms with van der Waals surface area (Å²) in [5.41, 5.74) is 1.23. The zero-order valence-corrected chi connectivity index (χ0v) is 8.97. The lowest BCUT2D eigenvalue weighted by Gasteiger charge is -2.17. The molecular weight excluding hydrogens is 194 g/mol. The highest BCUT2D eigenvalue weighted by atomic mass is 16.7. The summed E-state index contributed by atoms with van der Waals surface area (Å²) in [7, 11) is 3.23. The number of allylic oxidation sites excluding steroid dienone is 2. The van der Waals surface area contributed by atoms with Crippen molar-refractivity contribution < 1.29 is 14.4 Å². The molecule has 0 N–H and O–H groups in total. The number of hydrogen-bond acceptors (Lipinski definition) is 4. The van der Waals surface area contributed by atoms with Gasteiger partial charge in [-0.25, -0.2) is 4.79 Å². The van der Waals surface area contributed by atoms with Gasteiger partial charge in [0.1, 0.15) is 0 Å². The fraction of sp³-hybridized carbons (Fsp3) is 0.545. The molecule has 15 heavy (non-hydrogen) atoms. The molecule has 2 rings (SSSR count). The van der Waals surface area contributed by atoms with Crippen LogP contribution in [0.5, 0.6) is 0 Å². The molecular formula is C11H15NO3. The second kappa shape index (κ2) is 4.16. The third-order valence-electron chi connectivity index (χ3n) is 2.82. The highest BCUT2D eigenvalue weighted by Crippen LogP contribution is 2.28. The highest BCUT2D eigenvalue weighted by molar-refractivity contribution is 5.75. The van der Waals surface area contributed by atoms with Crippen LogP contribution >= 0.6 is 0 Å². The molecule has 0 unspecified atom stereocenters. The monoisotopic (exact) mass is 209 g/mol. The zero-order chi connectivity index (χ0) is 10.8. The van der Waals surface area contributed by atoms with Crippen LogP contribution < -0.4 is 0 Å². The number of hydrogen-bond donors (Lipinski definition) is 0. The van der Waals surface area contributed by atoms with Crippen LogP contribution in [0.2, 0.25) is 0 Å². The van der Waals surface area contributed by atoms with Crippen LogP contribution in [0.3, 0.4) is 0 Å². The van der Waals surface area contributed by atoms with Crippen LogP contribution in [0.15, 0.2) is 23.8 Å². The van der Waals surface area contributed by atoms with E-state index >= 15 is 0 Å². The lowest BCUT2D eigenvalue weighted by Crippen LogP contribution is -2.25. The summed E-state index contributed by atoms with van der Waals surface area (Å²) >= 11 is 0. The van der Waals surface area contributed by atoms with Crippen molar-refractivity contribution >= 4 is 5.97 Å². The summed E-state index contributed by atoms with van der Waals surface area (Å²) in [6.07, 6.45) is 7.53. The van der Waals surface area contributed by atoms with Gasteiger partial charge in [-0.15, -0.1) is 0 Å². The maximum atomic E-state index is 11.3. The van der Waals surface area contributed by atoms with E-state index in [-0.39, 0.29) is 12.0 Å². The lowest BCUT2D eigenvalue weighted by molar-refractivity contribution is -0.177. The first kappa shape index (κ1) is 10.4. The van der Waals surface area contributed by atoms with Gasteiger partial charge in [-0.3, -0.25) is 4.84 Å². The molecule has 4 heteroatoms. The third kappa shape index (κ3) is 1.96. The number of ether oxygens (including phenoxy) is 1. The van der Waals surface area contributed by atoms with Crippen molar-refractivity contribution in [3.05, 3.63) is 23.8 Å². The van der Waals surface area contributed by atoms with Crippen LogP contribution in [0, 0.1) is 0 Å². The number of methoxy groups -OCH3 is 1. The number of carbonyl (C=O) groups excluding carboxylic acids is 1. The van der Waals surface area contributed by atoms with E-state index in [9.17, 15) is 4.79 Å². The van der Waals surface area contributed by atoms with E-state index < -0.39 is 6.10 Å². The Balaban J connectivity index is 2.04. The van der Waals surface area contributed by atoms with E-state index in [1.165, 1.54) is 12.7 Å². The van der Waals surface area contributed by atoms with Gasteiger partial charge in [0.15, 0.2) is 6.10 Å². The molecule has 0 aromatic rings. The van der Waals surface area contributed by atoms with Gasteiger partial charge in [0.25, 0.3) is 0 Å². The minimum absolute atomic E-state index is 0.174. The predicted molar refractivity (Wildman–Crippen MR) is 54.9 cm³/mol. The van der Waals surface area contributed by atoms with Crippen molar-refractivity contribution in [1.82, 2.24) is 5.06 Å². The Morgan fingerprint density at radius 1 is 1.67 bits per heavy atom.